The first-order valence-electron chi connectivity index (χ1n) is 49.4. The summed E-state index contributed by atoms with van der Waals surface area (Å²) in [6.07, 6.45) is 29.0. The maximum absolute atomic E-state index is 14.5. The zero-order valence-electron chi connectivity index (χ0n) is 83.8. The van der Waals surface area contributed by atoms with Crippen LogP contribution >= 0.6 is 0 Å². The van der Waals surface area contributed by atoms with Crippen LogP contribution in [0.1, 0.15) is 177 Å². The van der Waals surface area contributed by atoms with Crippen LogP contribution in [0.25, 0.3) is 22.6 Å². The second-order valence-corrected chi connectivity index (χ2v) is 37.9. The minimum atomic E-state index is -0.460. The van der Waals surface area contributed by atoms with Gasteiger partial charge in [-0.1, -0.05) is 140 Å². The largest absolute Gasteiger partial charge is 0.314 e. The summed E-state index contributed by atoms with van der Waals surface area (Å²) in [6, 6.07) is 47.3. The number of hydrogen-bond acceptors (Lipinski definition) is 20. The fourth-order valence-electron chi connectivity index (χ4n) is 18.3. The third kappa shape index (κ3) is 26.2. The molecular weight excluding hydrogens is 1790 g/mol. The Kier molecular flexibility index (Phi) is 33.1. The molecule has 0 atom stereocenters. The van der Waals surface area contributed by atoms with Gasteiger partial charge in [0.25, 0.3) is 0 Å². The maximum atomic E-state index is 14.5. The van der Waals surface area contributed by atoms with Crippen molar-refractivity contribution < 1.29 is 23.6 Å². The van der Waals surface area contributed by atoms with E-state index in [1.54, 1.807) is 85.0 Å². The van der Waals surface area contributed by atoms with E-state index in [4.69, 9.17) is 0 Å². The van der Waals surface area contributed by atoms with Crippen molar-refractivity contribution in [3.8, 4) is 47.4 Å². The molecule has 0 spiro atoms. The Balaban J connectivity index is 0.000000132. The average molecular weight is 1910 g/mol. The van der Waals surface area contributed by atoms with E-state index in [-0.39, 0.29) is 35.1 Å². The summed E-state index contributed by atoms with van der Waals surface area (Å²) in [4.78, 5) is 103. The Morgan fingerprint density at radius 2 is 0.562 bits per heavy atom. The summed E-state index contributed by atoms with van der Waals surface area (Å²) < 4.78 is 21.9. The molecular formula is C119H121FN20O4. The second kappa shape index (κ2) is 47.6. The smallest absolute Gasteiger partial charge is 0.167 e. The van der Waals surface area contributed by atoms with Gasteiger partial charge in [0.1, 0.15) is 28.6 Å². The van der Waals surface area contributed by atoms with E-state index < -0.39 is 5.82 Å². The molecule has 20 rings (SSSR count). The van der Waals surface area contributed by atoms with Gasteiger partial charge in [0.05, 0.1) is 55.1 Å². The van der Waals surface area contributed by atoms with Gasteiger partial charge in [-0.05, 0) is 213 Å². The van der Waals surface area contributed by atoms with Gasteiger partial charge in [-0.3, -0.25) is 76.3 Å². The maximum Gasteiger partial charge on any atom is 0.167 e. The molecule has 25 heteroatoms. The van der Waals surface area contributed by atoms with Gasteiger partial charge in [0.2, 0.25) is 0 Å². The van der Waals surface area contributed by atoms with Crippen LogP contribution < -0.4 is 5.32 Å². The number of carbonyl (C=O) groups excluding carboxylic acids is 4. The Bertz CT molecular complexity index is 7440. The third-order valence-electron chi connectivity index (χ3n) is 27.5. The Labute approximate surface area is 842 Å². The van der Waals surface area contributed by atoms with Gasteiger partial charge in [-0.15, -0.1) is 0 Å². The number of hydrogen-bond donors (Lipinski definition) is 1. The number of aromatic nitrogens is 12. The predicted molar refractivity (Wildman–Crippen MR) is 564 cm³/mol. The number of ketones is 4. The summed E-state index contributed by atoms with van der Waals surface area (Å²) in [5, 5.41) is 3.40. The van der Waals surface area contributed by atoms with Crippen molar-refractivity contribution in [2.45, 2.75) is 107 Å². The number of nitrogens with zero attached hydrogens (tertiary/aromatic N) is 19. The van der Waals surface area contributed by atoms with Crippen molar-refractivity contribution in [3.63, 3.8) is 0 Å². The number of imidazole rings is 4. The molecule has 1 N–H and O–H groups in total. The normalized spacial score (nSPS) is 14.4. The summed E-state index contributed by atoms with van der Waals surface area (Å²) in [5.41, 5.74) is 28.6. The molecule has 16 aromatic rings. The summed E-state index contributed by atoms with van der Waals surface area (Å²) in [7, 11) is 4.34. The quantitative estimate of drug-likeness (QED) is 0.0521. The van der Waals surface area contributed by atoms with E-state index in [1.807, 2.05) is 113 Å². The molecule has 144 heavy (non-hydrogen) atoms. The number of Topliss-reactive ketones (excluding diaryl/α,β-unsaturated/α-hetero) is 4. The zero-order valence-corrected chi connectivity index (χ0v) is 83.8. The number of aryl methyl sites for hydroxylation is 7. The van der Waals surface area contributed by atoms with Crippen LogP contribution in [0.2, 0.25) is 0 Å². The molecule has 4 saturated heterocycles. The van der Waals surface area contributed by atoms with Gasteiger partial charge in [0, 0.05) is 245 Å². The van der Waals surface area contributed by atoms with E-state index in [2.05, 4.69) is 242 Å². The SMILES string of the molecule is CCN1CCN(Cc2ccc(CC(=O)c3ccc(C)c(C#Cc4cnc5cnccn45)c3)cc2C)CC1.Cc1cc(CC(=O)c2ccc(F)c(C#Cc3cnc4cnccn34)c2)ccc1CN1CCN(C)CC1.Cc1ccc(C(=O)Cc2ccc(CN3CCN(C)CC3)c(C)c2)cc1C#Cc1cnc2cnccn12.Cc1ccc(C(=O)Cc2ccc(CN3CCNCC3)c(C)c2)cc1C#Cc1cnc2cnccn12. The van der Waals surface area contributed by atoms with E-state index in [9.17, 15) is 23.6 Å². The number of nitrogens with one attached hydrogen (secondary N) is 1. The summed E-state index contributed by atoms with van der Waals surface area (Å²) >= 11 is 0. The van der Waals surface area contributed by atoms with E-state index >= 15 is 0 Å². The lowest BCUT2D eigenvalue weighted by atomic mass is 9.96. The number of rotatable bonds is 21. The zero-order chi connectivity index (χ0) is 100. The lowest BCUT2D eigenvalue weighted by molar-refractivity contribution is 0.0984. The van der Waals surface area contributed by atoms with Crippen molar-refractivity contribution in [1.82, 2.24) is 97.1 Å². The highest BCUT2D eigenvalue weighted by atomic mass is 19.1. The van der Waals surface area contributed by atoms with Crippen molar-refractivity contribution in [1.29, 1.82) is 0 Å². The molecule has 8 aromatic heterocycles. The van der Waals surface area contributed by atoms with E-state index in [0.717, 1.165) is 227 Å². The predicted octanol–water partition coefficient (Wildman–Crippen LogP) is 15.6. The molecule has 0 bridgehead atoms. The standard InChI is InChI=1S/C31H33N5O.C30H31N5O.C29H28FN5O.C29H29N5O/c1-4-34-13-15-35(16-14-34)22-28-8-6-25(17-24(28)3)18-30(37)27-7-5-23(2)26(19-27)9-10-29-20-33-31-21-32-11-12-36(29)31;1-22-4-6-26(18-25(22)8-9-28-19-32-30-20-31-10-11-35(28)30)29(36)17-24-5-7-27(23(2)16-24)21-34-14-12-33(3)13-15-34;1-21-15-22(3-4-25(21)20-34-13-11-33(2)12-14-34)16-28(36)24-6-8-27(30)23(17-24)5-7-26-18-32-29-19-31-9-10-35(26)29;1-21-3-5-25(17-24(21)7-8-27-18-32-29-19-31-11-14-34(27)29)28(35)16-23-4-6-26(22(2)15-23)20-33-12-9-30-10-13-33/h5-8,11-12,17,19-21H,4,13-16,18,22H2,1-3H3;4-7,10-11,16,18-20H,12-15,17,21H2,1-3H3;3-4,6,8-10,15,17-19H,11-14,16,20H2,1-2H3;3-6,11,14-15,17-19,30H,9-10,12-13,16,20H2,1-2H3. The van der Waals surface area contributed by atoms with Crippen molar-refractivity contribution in [3.05, 3.63) is 401 Å². The minimum absolute atomic E-state index is 0.0647. The molecule has 12 heterocycles. The molecule has 4 fully saturated rings. The van der Waals surface area contributed by atoms with Crippen LogP contribution in [-0.2, 0) is 51.9 Å². The Morgan fingerprint density at radius 3 is 0.854 bits per heavy atom. The van der Waals surface area contributed by atoms with E-state index in [1.165, 1.54) is 62.7 Å². The molecule has 4 aliphatic heterocycles. The summed E-state index contributed by atoms with van der Waals surface area (Å²) in [5.74, 6) is 24.9. The molecule has 4 aliphatic rings. The van der Waals surface area contributed by atoms with Gasteiger partial charge < -0.3 is 20.0 Å². The molecule has 8 aromatic carbocycles. The number of halogens is 1. The van der Waals surface area contributed by atoms with Gasteiger partial charge in [-0.25, -0.2) is 24.3 Å². The third-order valence-corrected chi connectivity index (χ3v) is 27.5. The van der Waals surface area contributed by atoms with Crippen LogP contribution in [0.5, 0.6) is 0 Å². The first-order chi connectivity index (χ1) is 70.0. The molecule has 24 nitrogen and oxygen atoms in total. The van der Waals surface area contributed by atoms with Crippen molar-refractivity contribution in [2.75, 3.05) is 125 Å². The van der Waals surface area contributed by atoms with Crippen LogP contribution in [-0.4, -0.2) is 240 Å². The fraction of sp³-hybridized carbons (Fsp3) is 0.294. The highest BCUT2D eigenvalue weighted by molar-refractivity contribution is 6.00. The molecule has 728 valence electrons. The first kappa shape index (κ1) is 100. The van der Waals surface area contributed by atoms with Gasteiger partial charge >= 0.3 is 0 Å². The average Bonchev–Trinajstić information content (AvgIpc) is 1.69. The highest BCUT2D eigenvalue weighted by Crippen LogP contribution is 2.26. The van der Waals surface area contributed by atoms with Crippen LogP contribution in [0.3, 0.4) is 0 Å². The topological polar surface area (TPSA) is 224 Å². The first-order valence-corrected chi connectivity index (χ1v) is 49.4. The Hall–Kier alpha value is -15.2. The lowest BCUT2D eigenvalue weighted by Gasteiger charge is -2.34. The number of likely N-dealkylation sites (N-methyl/N-ethyl adjacent to an activating group) is 3. The number of piperazine rings is 4. The van der Waals surface area contributed by atoms with Gasteiger partial charge in [0.15, 0.2) is 45.7 Å². The van der Waals surface area contributed by atoms with Crippen LogP contribution in [0, 0.1) is 102 Å². The molecule has 0 unspecified atom stereocenters. The van der Waals surface area contributed by atoms with Crippen LogP contribution in [0.15, 0.2) is 245 Å². The van der Waals surface area contributed by atoms with Crippen molar-refractivity contribution in [2.24, 2.45) is 0 Å². The molecule has 0 saturated carbocycles. The second-order valence-electron chi connectivity index (χ2n) is 37.9. The number of carbonyl (C=O) groups is 4. The minimum Gasteiger partial charge on any atom is -0.314 e. The van der Waals surface area contributed by atoms with Gasteiger partial charge in [-0.2, -0.15) is 0 Å². The van der Waals surface area contributed by atoms with Crippen molar-refractivity contribution >= 4 is 45.7 Å². The Morgan fingerprint density at radius 1 is 0.299 bits per heavy atom. The highest BCUT2D eigenvalue weighted by Gasteiger charge is 2.23. The molecule has 0 radical (unpaired) electrons. The summed E-state index contributed by atoms with van der Waals surface area (Å²) in [6.45, 7) is 39.3. The lowest BCUT2D eigenvalue weighted by Crippen LogP contribution is -2.45. The fourth-order valence-corrected chi connectivity index (χ4v) is 18.3. The van der Waals surface area contributed by atoms with Crippen LogP contribution in [0.4, 0.5) is 4.39 Å². The number of fused-ring (bicyclic) bond motifs is 4. The monoisotopic (exact) mass is 1910 g/mol. The molecule has 0 amide bonds. The molecule has 0 aliphatic carbocycles. The van der Waals surface area contributed by atoms with E-state index in [0.29, 0.717) is 52.9 Å². The number of benzene rings is 8.